The van der Waals surface area contributed by atoms with Crippen molar-refractivity contribution in [1.29, 1.82) is 0 Å². The van der Waals surface area contributed by atoms with Crippen molar-refractivity contribution in [3.05, 3.63) is 22.4 Å². The van der Waals surface area contributed by atoms with E-state index in [4.69, 9.17) is 0 Å². The highest BCUT2D eigenvalue weighted by Gasteiger charge is 2.41. The molecule has 0 spiro atoms. The SMILES string of the molecule is C[C@@]1(O)CCN(Cc2cccs2)C[C@H]1N1CCCC1. The topological polar surface area (TPSA) is 26.7 Å². The van der Waals surface area contributed by atoms with E-state index in [0.29, 0.717) is 6.04 Å². The van der Waals surface area contributed by atoms with Crippen LogP contribution in [0.3, 0.4) is 0 Å². The van der Waals surface area contributed by atoms with Gasteiger partial charge in [-0.2, -0.15) is 0 Å². The van der Waals surface area contributed by atoms with Crippen LogP contribution in [-0.2, 0) is 6.54 Å². The highest BCUT2D eigenvalue weighted by molar-refractivity contribution is 7.09. The van der Waals surface area contributed by atoms with Gasteiger partial charge in [-0.05, 0) is 50.7 Å². The fourth-order valence-corrected chi connectivity index (χ4v) is 4.16. The third-order valence-corrected chi connectivity index (χ3v) is 5.49. The first-order valence-corrected chi connectivity index (χ1v) is 8.24. The molecule has 0 saturated carbocycles. The highest BCUT2D eigenvalue weighted by atomic mass is 32.1. The van der Waals surface area contributed by atoms with Crippen LogP contribution in [0.2, 0.25) is 0 Å². The van der Waals surface area contributed by atoms with E-state index in [0.717, 1.165) is 39.1 Å². The number of hydrogen-bond acceptors (Lipinski definition) is 4. The van der Waals surface area contributed by atoms with Gasteiger partial charge in [-0.3, -0.25) is 9.80 Å². The Morgan fingerprint density at radius 2 is 2.16 bits per heavy atom. The molecule has 19 heavy (non-hydrogen) atoms. The maximum atomic E-state index is 10.7. The molecule has 1 aromatic heterocycles. The molecule has 2 aliphatic heterocycles. The van der Waals surface area contributed by atoms with Crippen molar-refractivity contribution in [3.8, 4) is 0 Å². The molecule has 0 unspecified atom stereocenters. The molecular weight excluding hydrogens is 256 g/mol. The molecule has 1 N–H and O–H groups in total. The van der Waals surface area contributed by atoms with Crippen LogP contribution in [0.5, 0.6) is 0 Å². The molecule has 2 atom stereocenters. The van der Waals surface area contributed by atoms with Crippen molar-refractivity contribution < 1.29 is 5.11 Å². The molecule has 4 heteroatoms. The Hall–Kier alpha value is -0.420. The minimum atomic E-state index is -0.518. The number of aliphatic hydroxyl groups is 1. The first-order chi connectivity index (χ1) is 9.15. The lowest BCUT2D eigenvalue weighted by Gasteiger charge is -2.46. The average molecular weight is 280 g/mol. The van der Waals surface area contributed by atoms with E-state index in [2.05, 4.69) is 27.3 Å². The summed E-state index contributed by atoms with van der Waals surface area (Å²) in [6, 6.07) is 4.64. The predicted octanol–water partition coefficient (Wildman–Crippen LogP) is 2.17. The van der Waals surface area contributed by atoms with Gasteiger partial charge in [0.2, 0.25) is 0 Å². The molecule has 2 fully saturated rings. The van der Waals surface area contributed by atoms with Crippen molar-refractivity contribution in [2.24, 2.45) is 0 Å². The molecule has 0 radical (unpaired) electrons. The van der Waals surface area contributed by atoms with Gasteiger partial charge >= 0.3 is 0 Å². The maximum absolute atomic E-state index is 10.7. The van der Waals surface area contributed by atoms with Crippen LogP contribution in [0.25, 0.3) is 0 Å². The molecule has 3 heterocycles. The largest absolute Gasteiger partial charge is 0.388 e. The van der Waals surface area contributed by atoms with Crippen LogP contribution in [-0.4, -0.2) is 52.7 Å². The molecule has 3 nitrogen and oxygen atoms in total. The zero-order chi connectivity index (χ0) is 13.3. The van der Waals surface area contributed by atoms with Crippen molar-refractivity contribution in [2.45, 2.75) is 44.4 Å². The standard InChI is InChI=1S/C15H24N2OS/c1-15(18)6-9-16(11-13-5-4-10-19-13)12-14(15)17-7-2-3-8-17/h4-5,10,14,18H,2-3,6-9,11-12H2,1H3/t14-,15-/m1/s1. The van der Waals surface area contributed by atoms with Gasteiger partial charge in [0.25, 0.3) is 0 Å². The quantitative estimate of drug-likeness (QED) is 0.919. The Morgan fingerprint density at radius 1 is 1.37 bits per heavy atom. The van der Waals surface area contributed by atoms with Gasteiger partial charge in [-0.25, -0.2) is 0 Å². The number of nitrogens with zero attached hydrogens (tertiary/aromatic N) is 2. The molecule has 3 rings (SSSR count). The summed E-state index contributed by atoms with van der Waals surface area (Å²) in [5.74, 6) is 0. The van der Waals surface area contributed by atoms with Crippen LogP contribution in [0.4, 0.5) is 0 Å². The smallest absolute Gasteiger partial charge is 0.0798 e. The fraction of sp³-hybridized carbons (Fsp3) is 0.733. The Kier molecular flexibility index (Phi) is 3.94. The summed E-state index contributed by atoms with van der Waals surface area (Å²) in [5.41, 5.74) is -0.518. The molecule has 2 saturated heterocycles. The van der Waals surface area contributed by atoms with Gasteiger partial charge < -0.3 is 5.11 Å². The average Bonchev–Trinajstić information content (AvgIpc) is 3.04. The van der Waals surface area contributed by atoms with E-state index in [1.807, 2.05) is 18.3 Å². The van der Waals surface area contributed by atoms with Crippen LogP contribution < -0.4 is 0 Å². The molecule has 0 aromatic carbocycles. The summed E-state index contributed by atoms with van der Waals surface area (Å²) in [6.45, 7) is 7.40. The van der Waals surface area contributed by atoms with E-state index in [-0.39, 0.29) is 0 Å². The second-order valence-corrected chi connectivity index (χ2v) is 7.21. The Balaban J connectivity index is 1.66. The lowest BCUT2D eigenvalue weighted by molar-refractivity contribution is -0.0774. The van der Waals surface area contributed by atoms with E-state index in [1.54, 1.807) is 0 Å². The van der Waals surface area contributed by atoms with E-state index in [9.17, 15) is 5.11 Å². The summed E-state index contributed by atoms with van der Waals surface area (Å²) < 4.78 is 0. The number of thiophene rings is 1. The number of likely N-dealkylation sites (tertiary alicyclic amines) is 2. The van der Waals surface area contributed by atoms with Crippen molar-refractivity contribution in [1.82, 2.24) is 9.80 Å². The van der Waals surface area contributed by atoms with Crippen molar-refractivity contribution >= 4 is 11.3 Å². The molecule has 1 aromatic rings. The van der Waals surface area contributed by atoms with Crippen LogP contribution in [0.15, 0.2) is 17.5 Å². The Bertz CT molecular complexity index is 398. The lowest BCUT2D eigenvalue weighted by Crippen LogP contribution is -2.60. The zero-order valence-electron chi connectivity index (χ0n) is 11.7. The number of hydrogen-bond donors (Lipinski definition) is 1. The van der Waals surface area contributed by atoms with Gasteiger partial charge in [0.15, 0.2) is 0 Å². The predicted molar refractivity (Wildman–Crippen MR) is 79.4 cm³/mol. The summed E-state index contributed by atoms with van der Waals surface area (Å²) in [4.78, 5) is 6.44. The van der Waals surface area contributed by atoms with Crippen molar-refractivity contribution in [2.75, 3.05) is 26.2 Å². The third kappa shape index (κ3) is 3.02. The summed E-state index contributed by atoms with van der Waals surface area (Å²) >= 11 is 1.83. The summed E-state index contributed by atoms with van der Waals surface area (Å²) in [6.07, 6.45) is 3.47. The monoisotopic (exact) mass is 280 g/mol. The molecule has 2 aliphatic rings. The third-order valence-electron chi connectivity index (χ3n) is 4.62. The lowest BCUT2D eigenvalue weighted by atomic mass is 9.87. The molecule has 0 bridgehead atoms. The van der Waals surface area contributed by atoms with Crippen LogP contribution in [0.1, 0.15) is 31.1 Å². The van der Waals surface area contributed by atoms with E-state index < -0.39 is 5.60 Å². The van der Waals surface area contributed by atoms with Crippen LogP contribution >= 0.6 is 11.3 Å². The molecule has 0 aliphatic carbocycles. The maximum Gasteiger partial charge on any atom is 0.0798 e. The normalized spacial score (nSPS) is 33.9. The van der Waals surface area contributed by atoms with Gasteiger partial charge in [0.1, 0.15) is 0 Å². The van der Waals surface area contributed by atoms with Gasteiger partial charge in [-0.1, -0.05) is 6.07 Å². The van der Waals surface area contributed by atoms with Crippen molar-refractivity contribution in [3.63, 3.8) is 0 Å². The minimum absolute atomic E-state index is 0.309. The summed E-state index contributed by atoms with van der Waals surface area (Å²) in [7, 11) is 0. The second kappa shape index (κ2) is 5.52. The Morgan fingerprint density at radius 3 is 2.84 bits per heavy atom. The zero-order valence-corrected chi connectivity index (χ0v) is 12.5. The molecular formula is C15H24N2OS. The molecule has 106 valence electrons. The highest BCUT2D eigenvalue weighted by Crippen LogP contribution is 2.29. The first-order valence-electron chi connectivity index (χ1n) is 7.36. The van der Waals surface area contributed by atoms with Crippen LogP contribution in [0, 0.1) is 0 Å². The number of piperidine rings is 1. The molecule has 0 amide bonds. The number of rotatable bonds is 3. The Labute approximate surface area is 119 Å². The minimum Gasteiger partial charge on any atom is -0.388 e. The van der Waals surface area contributed by atoms with E-state index >= 15 is 0 Å². The van der Waals surface area contributed by atoms with Gasteiger partial charge in [0.05, 0.1) is 11.6 Å². The van der Waals surface area contributed by atoms with Gasteiger partial charge in [-0.15, -0.1) is 11.3 Å². The van der Waals surface area contributed by atoms with Gasteiger partial charge in [0, 0.05) is 24.5 Å². The summed E-state index contributed by atoms with van der Waals surface area (Å²) in [5, 5.41) is 12.8. The second-order valence-electron chi connectivity index (χ2n) is 6.18. The first kappa shape index (κ1) is 13.6. The van der Waals surface area contributed by atoms with E-state index in [1.165, 1.54) is 17.7 Å². The fourth-order valence-electron chi connectivity index (χ4n) is 3.41.